The molecule has 0 spiro atoms. The Kier molecular flexibility index (Phi) is 4.56. The summed E-state index contributed by atoms with van der Waals surface area (Å²) in [4.78, 5) is 1.74. The first kappa shape index (κ1) is 16.1. The van der Waals surface area contributed by atoms with Crippen LogP contribution in [0.4, 0.5) is 15.8 Å². The highest BCUT2D eigenvalue weighted by Crippen LogP contribution is 2.23. The van der Waals surface area contributed by atoms with Crippen LogP contribution in [0.15, 0.2) is 47.4 Å². The third kappa shape index (κ3) is 3.48. The average molecular weight is 324 g/mol. The van der Waals surface area contributed by atoms with Crippen molar-refractivity contribution < 1.29 is 17.5 Å². The molecule has 2 aromatic rings. The Morgan fingerprint density at radius 1 is 1.09 bits per heavy atom. The normalized spacial score (nSPS) is 11.1. The third-order valence-corrected chi connectivity index (χ3v) is 4.45. The maximum Gasteiger partial charge on any atom is 0.262 e. The van der Waals surface area contributed by atoms with Gasteiger partial charge in [0.2, 0.25) is 0 Å². The molecule has 0 heterocycles. The maximum atomic E-state index is 13.6. The average Bonchev–Trinajstić information content (AvgIpc) is 2.47. The van der Waals surface area contributed by atoms with Gasteiger partial charge in [0.05, 0.1) is 12.0 Å². The molecule has 0 saturated carbocycles. The maximum absolute atomic E-state index is 13.6. The lowest BCUT2D eigenvalue weighted by Crippen LogP contribution is -2.14. The molecule has 118 valence electrons. The molecule has 0 atom stereocenters. The van der Waals surface area contributed by atoms with Gasteiger partial charge in [-0.2, -0.15) is 0 Å². The number of halogens is 1. The molecule has 0 aromatic heterocycles. The molecule has 0 amide bonds. The Hall–Kier alpha value is -2.28. The van der Waals surface area contributed by atoms with Crippen LogP contribution < -0.4 is 14.4 Å². The minimum absolute atomic E-state index is 0.00529. The van der Waals surface area contributed by atoms with Crippen LogP contribution >= 0.6 is 0 Å². The van der Waals surface area contributed by atoms with Crippen molar-refractivity contribution in [2.75, 3.05) is 30.8 Å². The van der Waals surface area contributed by atoms with Crippen LogP contribution in [-0.2, 0) is 10.0 Å². The number of methoxy groups -OCH3 is 1. The zero-order valence-corrected chi connectivity index (χ0v) is 13.3. The van der Waals surface area contributed by atoms with E-state index in [1.165, 1.54) is 19.2 Å². The Labute approximate surface area is 129 Å². The number of ether oxygens (including phenoxy) is 1. The van der Waals surface area contributed by atoms with Crippen LogP contribution in [0.2, 0.25) is 0 Å². The second-order valence-electron chi connectivity index (χ2n) is 4.84. The fourth-order valence-electron chi connectivity index (χ4n) is 1.86. The quantitative estimate of drug-likeness (QED) is 0.919. The van der Waals surface area contributed by atoms with Crippen LogP contribution in [0.5, 0.6) is 5.75 Å². The number of nitrogens with zero attached hydrogens (tertiary/aromatic N) is 1. The SMILES string of the molecule is COc1ccc(S(=O)(=O)Nc2ccc(N(C)C)cc2)cc1F. The Morgan fingerprint density at radius 2 is 1.73 bits per heavy atom. The minimum atomic E-state index is -3.85. The molecule has 5 nitrogen and oxygen atoms in total. The molecular weight excluding hydrogens is 307 g/mol. The van der Waals surface area contributed by atoms with Gasteiger partial charge in [-0.3, -0.25) is 4.72 Å². The summed E-state index contributed by atoms with van der Waals surface area (Å²) >= 11 is 0. The number of hydrogen-bond acceptors (Lipinski definition) is 4. The van der Waals surface area contributed by atoms with E-state index in [0.717, 1.165) is 11.8 Å². The molecule has 1 N–H and O–H groups in total. The van der Waals surface area contributed by atoms with Crippen LogP contribution in [-0.4, -0.2) is 29.6 Å². The van der Waals surface area contributed by atoms with E-state index in [-0.39, 0.29) is 10.6 Å². The number of anilines is 2. The summed E-state index contributed by atoms with van der Waals surface area (Å²) in [6.07, 6.45) is 0. The molecule has 0 aliphatic heterocycles. The highest BCUT2D eigenvalue weighted by Gasteiger charge is 2.16. The predicted octanol–water partition coefficient (Wildman–Crippen LogP) is 2.70. The van der Waals surface area contributed by atoms with Gasteiger partial charge in [-0.05, 0) is 42.5 Å². The summed E-state index contributed by atoms with van der Waals surface area (Å²) in [5.41, 5.74) is 1.35. The first-order valence-electron chi connectivity index (χ1n) is 6.47. The van der Waals surface area contributed by atoms with Gasteiger partial charge in [-0.25, -0.2) is 12.8 Å². The number of hydrogen-bond donors (Lipinski definition) is 1. The second kappa shape index (κ2) is 6.23. The zero-order chi connectivity index (χ0) is 16.3. The van der Waals surface area contributed by atoms with E-state index in [1.807, 2.05) is 19.0 Å². The molecule has 0 radical (unpaired) electrons. The fourth-order valence-corrected chi connectivity index (χ4v) is 2.93. The van der Waals surface area contributed by atoms with Gasteiger partial charge in [0, 0.05) is 25.5 Å². The number of nitrogens with one attached hydrogen (secondary N) is 1. The smallest absolute Gasteiger partial charge is 0.262 e. The standard InChI is InChI=1S/C15H17FN2O3S/c1-18(2)12-6-4-11(5-7-12)17-22(19,20)13-8-9-15(21-3)14(16)10-13/h4-10,17H,1-3H3. The first-order valence-corrected chi connectivity index (χ1v) is 7.95. The Morgan fingerprint density at radius 3 is 2.23 bits per heavy atom. The van der Waals surface area contributed by atoms with Crippen LogP contribution in [0.3, 0.4) is 0 Å². The van der Waals surface area contributed by atoms with Crippen molar-refractivity contribution in [1.82, 2.24) is 0 Å². The lowest BCUT2D eigenvalue weighted by molar-refractivity contribution is 0.385. The predicted molar refractivity (Wildman–Crippen MR) is 84.5 cm³/mol. The van der Waals surface area contributed by atoms with E-state index >= 15 is 0 Å². The molecule has 0 aliphatic carbocycles. The van der Waals surface area contributed by atoms with Crippen molar-refractivity contribution in [2.45, 2.75) is 4.90 Å². The second-order valence-corrected chi connectivity index (χ2v) is 6.53. The van der Waals surface area contributed by atoms with Crippen LogP contribution in [0.1, 0.15) is 0 Å². The van der Waals surface area contributed by atoms with Gasteiger partial charge in [-0.1, -0.05) is 0 Å². The third-order valence-electron chi connectivity index (χ3n) is 3.07. The fraction of sp³-hybridized carbons (Fsp3) is 0.200. The summed E-state index contributed by atoms with van der Waals surface area (Å²) < 4.78 is 45.3. The minimum Gasteiger partial charge on any atom is -0.494 e. The molecule has 7 heteroatoms. The molecule has 0 saturated heterocycles. The number of benzene rings is 2. The van der Waals surface area contributed by atoms with Crippen LogP contribution in [0.25, 0.3) is 0 Å². The Balaban J connectivity index is 2.25. The van der Waals surface area contributed by atoms with Gasteiger partial charge in [-0.15, -0.1) is 0 Å². The molecule has 2 aromatic carbocycles. The van der Waals surface area contributed by atoms with E-state index in [2.05, 4.69) is 4.72 Å². The van der Waals surface area contributed by atoms with E-state index < -0.39 is 15.8 Å². The number of rotatable bonds is 5. The van der Waals surface area contributed by atoms with Crippen molar-refractivity contribution in [3.8, 4) is 5.75 Å². The van der Waals surface area contributed by atoms with E-state index in [1.54, 1.807) is 24.3 Å². The Bertz CT molecular complexity index is 759. The zero-order valence-electron chi connectivity index (χ0n) is 12.5. The van der Waals surface area contributed by atoms with Gasteiger partial charge in [0.25, 0.3) is 10.0 Å². The van der Waals surface area contributed by atoms with Gasteiger partial charge in [0.15, 0.2) is 11.6 Å². The highest BCUT2D eigenvalue weighted by molar-refractivity contribution is 7.92. The molecule has 0 fully saturated rings. The van der Waals surface area contributed by atoms with Gasteiger partial charge < -0.3 is 9.64 Å². The summed E-state index contributed by atoms with van der Waals surface area (Å²) in [5, 5.41) is 0. The van der Waals surface area contributed by atoms with E-state index in [9.17, 15) is 12.8 Å². The van der Waals surface area contributed by atoms with Crippen LogP contribution in [0, 0.1) is 5.82 Å². The van der Waals surface area contributed by atoms with Crippen molar-refractivity contribution in [1.29, 1.82) is 0 Å². The summed E-state index contributed by atoms with van der Waals surface area (Å²) in [6, 6.07) is 10.4. The van der Waals surface area contributed by atoms with E-state index in [4.69, 9.17) is 4.74 Å². The largest absolute Gasteiger partial charge is 0.494 e. The first-order chi connectivity index (χ1) is 10.3. The molecule has 0 aliphatic rings. The molecule has 0 unspecified atom stereocenters. The highest BCUT2D eigenvalue weighted by atomic mass is 32.2. The van der Waals surface area contributed by atoms with Crippen molar-refractivity contribution >= 4 is 21.4 Å². The van der Waals surface area contributed by atoms with Gasteiger partial charge in [0.1, 0.15) is 0 Å². The molecular formula is C15H17FN2O3S. The number of sulfonamides is 1. The van der Waals surface area contributed by atoms with Gasteiger partial charge >= 0.3 is 0 Å². The molecule has 22 heavy (non-hydrogen) atoms. The summed E-state index contributed by atoms with van der Waals surface area (Å²) in [7, 11) is 1.24. The van der Waals surface area contributed by atoms with E-state index in [0.29, 0.717) is 5.69 Å². The molecule has 0 bridgehead atoms. The van der Waals surface area contributed by atoms with Crippen molar-refractivity contribution in [3.05, 3.63) is 48.3 Å². The monoisotopic (exact) mass is 324 g/mol. The lowest BCUT2D eigenvalue weighted by atomic mass is 10.3. The summed E-state index contributed by atoms with van der Waals surface area (Å²) in [5.74, 6) is -0.734. The topological polar surface area (TPSA) is 58.6 Å². The summed E-state index contributed by atoms with van der Waals surface area (Å²) in [6.45, 7) is 0. The molecule has 2 rings (SSSR count). The van der Waals surface area contributed by atoms with Crippen molar-refractivity contribution in [2.24, 2.45) is 0 Å². The lowest BCUT2D eigenvalue weighted by Gasteiger charge is -2.13. The van der Waals surface area contributed by atoms with Crippen molar-refractivity contribution in [3.63, 3.8) is 0 Å².